The average Bonchev–Trinajstić information content (AvgIpc) is 2.47. The van der Waals surface area contributed by atoms with Gasteiger partial charge < -0.3 is 19.3 Å². The molecule has 1 N–H and O–H groups in total. The van der Waals surface area contributed by atoms with Crippen LogP contribution in [0.4, 0.5) is 0 Å². The first-order valence-electron chi connectivity index (χ1n) is 8.17. The molecule has 0 aromatic rings. The Labute approximate surface area is 143 Å². The Morgan fingerprint density at radius 2 is 1.54 bits per heavy atom. The number of Topliss-reactive ketones (excluding diaryl/α,β-unsaturated/α-hetero) is 1. The van der Waals surface area contributed by atoms with E-state index in [4.69, 9.17) is 19.3 Å². The molecule has 0 aliphatic heterocycles. The maximum atomic E-state index is 12.2. The summed E-state index contributed by atoms with van der Waals surface area (Å²) < 4.78 is 15.5. The van der Waals surface area contributed by atoms with Crippen molar-refractivity contribution in [1.29, 1.82) is 0 Å². The van der Waals surface area contributed by atoms with Gasteiger partial charge in [-0.1, -0.05) is 13.8 Å². The molecule has 0 aromatic carbocycles. The van der Waals surface area contributed by atoms with Gasteiger partial charge in [0, 0.05) is 6.42 Å². The molecule has 0 saturated carbocycles. The van der Waals surface area contributed by atoms with Crippen molar-refractivity contribution in [1.82, 2.24) is 0 Å². The number of rotatable bonds is 11. The van der Waals surface area contributed by atoms with E-state index in [1.807, 2.05) is 0 Å². The molecule has 2 atom stereocenters. The minimum atomic E-state index is -1.10. The van der Waals surface area contributed by atoms with Crippen molar-refractivity contribution >= 4 is 17.7 Å². The lowest BCUT2D eigenvalue weighted by molar-refractivity contribution is -0.162. The second-order valence-electron chi connectivity index (χ2n) is 6.68. The van der Waals surface area contributed by atoms with E-state index in [2.05, 4.69) is 0 Å². The van der Waals surface area contributed by atoms with Crippen LogP contribution in [0.15, 0.2) is 0 Å². The molecule has 7 nitrogen and oxygen atoms in total. The topological polar surface area (TPSA) is 99.1 Å². The predicted molar refractivity (Wildman–Crippen MR) is 87.3 cm³/mol. The average molecular weight is 346 g/mol. The van der Waals surface area contributed by atoms with E-state index in [1.54, 1.807) is 34.6 Å². The molecule has 0 amide bonds. The SMILES string of the molecule is CC(O)COC(=O)CCC(=O)C(C)(C)OC(C)COC(=O)C(C)C. The van der Waals surface area contributed by atoms with Gasteiger partial charge in [-0.3, -0.25) is 14.4 Å². The standard InChI is InChI=1S/C17H30O7/c1-11(2)16(21)23-10-13(4)24-17(5,6)14(19)7-8-15(20)22-9-12(3)18/h11-13,18H,7-10H2,1-6H3. The van der Waals surface area contributed by atoms with Crippen LogP contribution in [0.5, 0.6) is 0 Å². The highest BCUT2D eigenvalue weighted by Crippen LogP contribution is 2.17. The molecule has 0 rings (SSSR count). The zero-order valence-corrected chi connectivity index (χ0v) is 15.5. The molecule has 0 bridgehead atoms. The minimum absolute atomic E-state index is 0.0237. The number of aliphatic hydroxyl groups is 1. The van der Waals surface area contributed by atoms with Gasteiger partial charge in [-0.05, 0) is 27.7 Å². The fourth-order valence-electron chi connectivity index (χ4n) is 1.77. The predicted octanol–water partition coefficient (Wildman–Crippen LogP) is 1.64. The molecule has 0 aromatic heterocycles. The van der Waals surface area contributed by atoms with E-state index >= 15 is 0 Å². The van der Waals surface area contributed by atoms with E-state index in [0.29, 0.717) is 0 Å². The summed E-state index contributed by atoms with van der Waals surface area (Å²) in [5.74, 6) is -1.34. The van der Waals surface area contributed by atoms with Crippen LogP contribution in [-0.4, -0.2) is 53.9 Å². The monoisotopic (exact) mass is 346 g/mol. The van der Waals surface area contributed by atoms with Crippen LogP contribution in [0.2, 0.25) is 0 Å². The highest BCUT2D eigenvalue weighted by Gasteiger charge is 2.31. The van der Waals surface area contributed by atoms with Gasteiger partial charge in [-0.15, -0.1) is 0 Å². The molecule has 0 aliphatic carbocycles. The van der Waals surface area contributed by atoms with Crippen LogP contribution in [0.1, 0.15) is 54.4 Å². The van der Waals surface area contributed by atoms with Gasteiger partial charge in [0.15, 0.2) is 5.78 Å². The Morgan fingerprint density at radius 1 is 0.958 bits per heavy atom. The second-order valence-corrected chi connectivity index (χ2v) is 6.68. The number of carbonyl (C=O) groups is 3. The van der Waals surface area contributed by atoms with E-state index in [-0.39, 0.29) is 43.7 Å². The zero-order valence-electron chi connectivity index (χ0n) is 15.5. The first kappa shape index (κ1) is 22.5. The van der Waals surface area contributed by atoms with Crippen LogP contribution >= 0.6 is 0 Å². The summed E-state index contributed by atoms with van der Waals surface area (Å²) in [7, 11) is 0. The molecular weight excluding hydrogens is 316 g/mol. The minimum Gasteiger partial charge on any atom is -0.463 e. The Morgan fingerprint density at radius 3 is 2.04 bits per heavy atom. The highest BCUT2D eigenvalue weighted by atomic mass is 16.6. The van der Waals surface area contributed by atoms with Crippen molar-refractivity contribution in [2.45, 2.75) is 72.2 Å². The summed E-state index contributed by atoms with van der Waals surface area (Å²) in [6.07, 6.45) is -1.29. The Kier molecular flexibility index (Phi) is 9.77. The smallest absolute Gasteiger partial charge is 0.308 e. The van der Waals surface area contributed by atoms with Gasteiger partial charge >= 0.3 is 11.9 Å². The van der Waals surface area contributed by atoms with E-state index in [0.717, 1.165) is 0 Å². The molecule has 0 spiro atoms. The number of ether oxygens (including phenoxy) is 3. The lowest BCUT2D eigenvalue weighted by Crippen LogP contribution is -2.40. The lowest BCUT2D eigenvalue weighted by atomic mass is 9.99. The molecule has 0 saturated heterocycles. The van der Waals surface area contributed by atoms with Crippen molar-refractivity contribution in [3.05, 3.63) is 0 Å². The van der Waals surface area contributed by atoms with Crippen molar-refractivity contribution in [2.75, 3.05) is 13.2 Å². The Balaban J connectivity index is 4.26. The molecule has 0 radical (unpaired) electrons. The molecular formula is C17H30O7. The zero-order chi connectivity index (χ0) is 18.9. The first-order valence-corrected chi connectivity index (χ1v) is 8.17. The molecule has 2 unspecified atom stereocenters. The van der Waals surface area contributed by atoms with E-state index in [1.165, 1.54) is 6.92 Å². The number of ketones is 1. The maximum absolute atomic E-state index is 12.2. The van der Waals surface area contributed by atoms with Crippen molar-refractivity contribution in [3.63, 3.8) is 0 Å². The highest BCUT2D eigenvalue weighted by molar-refractivity contribution is 5.89. The van der Waals surface area contributed by atoms with Gasteiger partial charge in [0.2, 0.25) is 0 Å². The van der Waals surface area contributed by atoms with Crippen LogP contribution < -0.4 is 0 Å². The Hall–Kier alpha value is -1.47. The first-order chi connectivity index (χ1) is 11.0. The molecule has 0 heterocycles. The molecule has 0 aliphatic rings. The van der Waals surface area contributed by atoms with Gasteiger partial charge in [0.1, 0.15) is 18.8 Å². The molecule has 24 heavy (non-hydrogen) atoms. The molecule has 140 valence electrons. The maximum Gasteiger partial charge on any atom is 0.308 e. The van der Waals surface area contributed by atoms with Gasteiger partial charge in [0.05, 0.1) is 24.5 Å². The fraction of sp³-hybridized carbons (Fsp3) is 0.824. The van der Waals surface area contributed by atoms with Crippen LogP contribution in [0.3, 0.4) is 0 Å². The fourth-order valence-corrected chi connectivity index (χ4v) is 1.77. The lowest BCUT2D eigenvalue weighted by Gasteiger charge is -2.27. The van der Waals surface area contributed by atoms with Crippen LogP contribution in [-0.2, 0) is 28.6 Å². The van der Waals surface area contributed by atoms with Gasteiger partial charge in [-0.2, -0.15) is 0 Å². The molecule has 7 heteroatoms. The van der Waals surface area contributed by atoms with E-state index < -0.39 is 23.8 Å². The summed E-state index contributed by atoms with van der Waals surface area (Å²) in [5, 5.41) is 9.03. The van der Waals surface area contributed by atoms with Crippen molar-refractivity contribution in [3.8, 4) is 0 Å². The largest absolute Gasteiger partial charge is 0.463 e. The third-order valence-corrected chi connectivity index (χ3v) is 3.14. The second kappa shape index (κ2) is 10.4. The number of carbonyl (C=O) groups excluding carboxylic acids is 3. The molecule has 0 fully saturated rings. The third-order valence-electron chi connectivity index (χ3n) is 3.14. The summed E-state index contributed by atoms with van der Waals surface area (Å²) in [6.45, 7) is 9.86. The number of esters is 2. The Bertz CT molecular complexity index is 427. The summed E-state index contributed by atoms with van der Waals surface area (Å²) in [6, 6.07) is 0. The van der Waals surface area contributed by atoms with Crippen LogP contribution in [0, 0.1) is 5.92 Å². The number of hydrogen-bond donors (Lipinski definition) is 1. The van der Waals surface area contributed by atoms with Gasteiger partial charge in [0.25, 0.3) is 0 Å². The van der Waals surface area contributed by atoms with E-state index in [9.17, 15) is 14.4 Å². The quantitative estimate of drug-likeness (QED) is 0.568. The van der Waals surface area contributed by atoms with Crippen molar-refractivity contribution in [2.24, 2.45) is 5.92 Å². The third kappa shape index (κ3) is 9.62. The summed E-state index contributed by atoms with van der Waals surface area (Å²) >= 11 is 0. The normalized spacial score (nSPS) is 14.2. The van der Waals surface area contributed by atoms with Crippen molar-refractivity contribution < 1.29 is 33.7 Å². The van der Waals surface area contributed by atoms with Crippen LogP contribution in [0.25, 0.3) is 0 Å². The number of aliphatic hydroxyl groups excluding tert-OH is 1. The number of hydrogen-bond acceptors (Lipinski definition) is 7. The summed E-state index contributed by atoms with van der Waals surface area (Å²) in [4.78, 5) is 35.1. The van der Waals surface area contributed by atoms with Gasteiger partial charge in [-0.25, -0.2) is 0 Å². The summed E-state index contributed by atoms with van der Waals surface area (Å²) in [5.41, 5.74) is -1.10.